The maximum Gasteiger partial charge on any atom is 0.234 e. The maximum absolute atomic E-state index is 12.0. The molecule has 1 aromatic carbocycles. The van der Waals surface area contributed by atoms with E-state index in [0.717, 1.165) is 0 Å². The minimum absolute atomic E-state index is 0.0859. The van der Waals surface area contributed by atoms with Crippen molar-refractivity contribution in [3.8, 4) is 0 Å². The molecular formula is C15H16O4. The fourth-order valence-electron chi connectivity index (χ4n) is 2.12. The highest BCUT2D eigenvalue weighted by atomic mass is 16.3. The number of aliphatic hydroxyl groups is 2. The molecule has 0 fully saturated rings. The smallest absolute Gasteiger partial charge is 0.234 e. The molecule has 0 amide bonds. The van der Waals surface area contributed by atoms with Crippen molar-refractivity contribution in [2.24, 2.45) is 5.41 Å². The van der Waals surface area contributed by atoms with Crippen LogP contribution in [0.15, 0.2) is 29.8 Å². The lowest BCUT2D eigenvalue weighted by Crippen LogP contribution is -2.28. The zero-order valence-electron chi connectivity index (χ0n) is 10.9. The fourth-order valence-corrected chi connectivity index (χ4v) is 2.12. The second kappa shape index (κ2) is 4.63. The monoisotopic (exact) mass is 260 g/mol. The topological polar surface area (TPSA) is 74.6 Å². The lowest BCUT2D eigenvalue weighted by atomic mass is 9.79. The Bertz CT molecular complexity index is 582. The number of rotatable bonds is 3. The van der Waals surface area contributed by atoms with Crippen LogP contribution in [0.25, 0.3) is 5.76 Å². The van der Waals surface area contributed by atoms with Gasteiger partial charge < -0.3 is 10.2 Å². The maximum atomic E-state index is 12.0. The van der Waals surface area contributed by atoms with Gasteiger partial charge in [-0.2, -0.15) is 0 Å². The van der Waals surface area contributed by atoms with Crippen LogP contribution in [-0.4, -0.2) is 28.4 Å². The molecule has 4 heteroatoms. The predicted molar refractivity (Wildman–Crippen MR) is 70.8 cm³/mol. The summed E-state index contributed by atoms with van der Waals surface area (Å²) in [6, 6.07) is 6.49. The van der Waals surface area contributed by atoms with E-state index in [-0.39, 0.29) is 29.9 Å². The van der Waals surface area contributed by atoms with Crippen LogP contribution in [0, 0.1) is 5.41 Å². The number of carbonyl (C=O) groups excluding carboxylic acids is 2. The van der Waals surface area contributed by atoms with Crippen molar-refractivity contribution in [1.82, 2.24) is 0 Å². The fraction of sp³-hybridized carbons (Fsp3) is 0.333. The van der Waals surface area contributed by atoms with E-state index in [2.05, 4.69) is 0 Å². The molecule has 100 valence electrons. The molecule has 0 saturated heterocycles. The molecule has 0 bridgehead atoms. The van der Waals surface area contributed by atoms with Gasteiger partial charge in [-0.3, -0.25) is 9.59 Å². The first kappa shape index (κ1) is 13.5. The lowest BCUT2D eigenvalue weighted by Gasteiger charge is -2.25. The van der Waals surface area contributed by atoms with E-state index in [1.807, 2.05) is 0 Å². The number of benzene rings is 1. The highest BCUT2D eigenvalue weighted by Gasteiger charge is 2.35. The summed E-state index contributed by atoms with van der Waals surface area (Å²) in [5.41, 5.74) is 0.139. The molecule has 0 aliphatic heterocycles. The Morgan fingerprint density at radius 1 is 1.05 bits per heavy atom. The van der Waals surface area contributed by atoms with Crippen LogP contribution in [-0.2, 0) is 4.79 Å². The van der Waals surface area contributed by atoms with Gasteiger partial charge in [-0.1, -0.05) is 38.1 Å². The van der Waals surface area contributed by atoms with Crippen LogP contribution in [0.2, 0.25) is 0 Å². The highest BCUT2D eigenvalue weighted by Crippen LogP contribution is 2.34. The summed E-state index contributed by atoms with van der Waals surface area (Å²) < 4.78 is 0. The average molecular weight is 260 g/mol. The summed E-state index contributed by atoms with van der Waals surface area (Å²) in [4.78, 5) is 24.0. The van der Waals surface area contributed by atoms with Gasteiger partial charge >= 0.3 is 0 Å². The Balaban J connectivity index is 2.54. The molecule has 0 heterocycles. The van der Waals surface area contributed by atoms with E-state index in [4.69, 9.17) is 0 Å². The van der Waals surface area contributed by atoms with Gasteiger partial charge in [0.05, 0.1) is 0 Å². The third kappa shape index (κ3) is 2.31. The second-order valence-electron chi connectivity index (χ2n) is 5.53. The van der Waals surface area contributed by atoms with Gasteiger partial charge in [0.25, 0.3) is 0 Å². The van der Waals surface area contributed by atoms with Crippen molar-refractivity contribution in [3.05, 3.63) is 41.0 Å². The Morgan fingerprint density at radius 3 is 2.21 bits per heavy atom. The molecule has 1 aliphatic rings. The summed E-state index contributed by atoms with van der Waals surface area (Å²) in [6.07, 6.45) is 0.161. The van der Waals surface area contributed by atoms with Gasteiger partial charge in [-0.15, -0.1) is 0 Å². The van der Waals surface area contributed by atoms with Gasteiger partial charge in [0.1, 0.15) is 5.76 Å². The number of Topliss-reactive ketones (excluding diaryl/α,β-unsaturated/α-hetero) is 2. The second-order valence-corrected chi connectivity index (χ2v) is 5.53. The molecule has 0 aromatic heterocycles. The van der Waals surface area contributed by atoms with Crippen molar-refractivity contribution in [2.75, 3.05) is 6.61 Å². The molecule has 19 heavy (non-hydrogen) atoms. The number of ketones is 2. The number of aliphatic hydroxyl groups excluding tert-OH is 2. The Kier molecular flexibility index (Phi) is 3.28. The molecule has 4 nitrogen and oxygen atoms in total. The van der Waals surface area contributed by atoms with Gasteiger partial charge in [0.15, 0.2) is 0 Å². The summed E-state index contributed by atoms with van der Waals surface area (Å²) in [5.74, 6) is -1.43. The SMILES string of the molecule is CC(C)(CO)CC1=C(O)c2ccccc2C(=O)C1=O. The number of carbonyl (C=O) groups is 2. The van der Waals surface area contributed by atoms with Gasteiger partial charge in [0.2, 0.25) is 11.6 Å². The standard InChI is InChI=1S/C15H16O4/c1-15(2,8-16)7-11-12(17)9-5-3-4-6-10(9)13(18)14(11)19/h3-6,16-17H,7-8H2,1-2H3. The van der Waals surface area contributed by atoms with Gasteiger partial charge in [0, 0.05) is 23.3 Å². The Morgan fingerprint density at radius 2 is 1.63 bits per heavy atom. The predicted octanol–water partition coefficient (Wildman–Crippen LogP) is 2.13. The average Bonchev–Trinajstić information content (AvgIpc) is 2.41. The summed E-state index contributed by atoms with van der Waals surface area (Å²) in [6.45, 7) is 3.41. The largest absolute Gasteiger partial charge is 0.507 e. The van der Waals surface area contributed by atoms with Crippen molar-refractivity contribution >= 4 is 17.3 Å². The first-order chi connectivity index (χ1) is 8.87. The van der Waals surface area contributed by atoms with Crippen LogP contribution >= 0.6 is 0 Å². The molecule has 1 aliphatic carbocycles. The summed E-state index contributed by atoms with van der Waals surface area (Å²) in [7, 11) is 0. The number of hydrogen-bond acceptors (Lipinski definition) is 4. The van der Waals surface area contributed by atoms with E-state index < -0.39 is 17.0 Å². The van der Waals surface area contributed by atoms with Crippen LogP contribution in [0.3, 0.4) is 0 Å². The number of fused-ring (bicyclic) bond motifs is 1. The summed E-state index contributed by atoms with van der Waals surface area (Å²) >= 11 is 0. The molecular weight excluding hydrogens is 244 g/mol. The van der Waals surface area contributed by atoms with Gasteiger partial charge in [-0.25, -0.2) is 0 Å². The van der Waals surface area contributed by atoms with Crippen molar-refractivity contribution in [1.29, 1.82) is 0 Å². The first-order valence-electron chi connectivity index (χ1n) is 6.09. The third-order valence-electron chi connectivity index (χ3n) is 3.28. The molecule has 0 radical (unpaired) electrons. The van der Waals surface area contributed by atoms with Crippen LogP contribution < -0.4 is 0 Å². The van der Waals surface area contributed by atoms with Crippen molar-refractivity contribution in [2.45, 2.75) is 20.3 Å². The number of hydrogen-bond donors (Lipinski definition) is 2. The zero-order chi connectivity index (χ0) is 14.2. The van der Waals surface area contributed by atoms with E-state index >= 15 is 0 Å². The normalized spacial score (nSPS) is 15.7. The zero-order valence-corrected chi connectivity index (χ0v) is 10.9. The number of allylic oxidation sites excluding steroid dienone is 1. The highest BCUT2D eigenvalue weighted by molar-refractivity contribution is 6.52. The van der Waals surface area contributed by atoms with Crippen LogP contribution in [0.4, 0.5) is 0 Å². The van der Waals surface area contributed by atoms with Gasteiger partial charge in [-0.05, 0) is 11.8 Å². The molecule has 0 spiro atoms. The minimum Gasteiger partial charge on any atom is -0.507 e. The molecule has 2 N–H and O–H groups in total. The third-order valence-corrected chi connectivity index (χ3v) is 3.28. The molecule has 0 unspecified atom stereocenters. The van der Waals surface area contributed by atoms with Crippen molar-refractivity contribution < 1.29 is 19.8 Å². The van der Waals surface area contributed by atoms with E-state index in [9.17, 15) is 19.8 Å². The van der Waals surface area contributed by atoms with E-state index in [0.29, 0.717) is 5.56 Å². The molecule has 2 rings (SSSR count). The quantitative estimate of drug-likeness (QED) is 0.816. The van der Waals surface area contributed by atoms with Crippen LogP contribution in [0.5, 0.6) is 0 Å². The molecule has 0 saturated carbocycles. The lowest BCUT2D eigenvalue weighted by molar-refractivity contribution is -0.112. The van der Waals surface area contributed by atoms with E-state index in [1.165, 1.54) is 6.07 Å². The van der Waals surface area contributed by atoms with E-state index in [1.54, 1.807) is 32.0 Å². The molecule has 0 atom stereocenters. The van der Waals surface area contributed by atoms with Crippen LogP contribution in [0.1, 0.15) is 36.2 Å². The Labute approximate surface area is 111 Å². The van der Waals surface area contributed by atoms with Crippen molar-refractivity contribution in [3.63, 3.8) is 0 Å². The first-order valence-corrected chi connectivity index (χ1v) is 6.09. The molecule has 1 aromatic rings. The Hall–Kier alpha value is -1.94. The summed E-state index contributed by atoms with van der Waals surface area (Å²) in [5, 5.41) is 19.5. The minimum atomic E-state index is -0.683.